The fourth-order valence-corrected chi connectivity index (χ4v) is 6.57. The van der Waals surface area contributed by atoms with Crippen molar-refractivity contribution in [3.63, 3.8) is 0 Å². The average molecular weight is 696 g/mol. The molecule has 0 spiro atoms. The van der Waals surface area contributed by atoms with E-state index in [9.17, 15) is 34.8 Å². The van der Waals surface area contributed by atoms with E-state index in [4.69, 9.17) is 14.6 Å². The normalized spacial score (nSPS) is 13.8. The first-order valence-corrected chi connectivity index (χ1v) is 16.2. The van der Waals surface area contributed by atoms with Crippen molar-refractivity contribution in [1.29, 1.82) is 0 Å². The van der Waals surface area contributed by atoms with Crippen LogP contribution in [0.2, 0.25) is 0 Å². The van der Waals surface area contributed by atoms with Crippen LogP contribution in [-0.2, 0) is 9.59 Å². The molecule has 5 aromatic rings. The van der Waals surface area contributed by atoms with E-state index in [2.05, 4.69) is 60.5 Å². The Morgan fingerprint density at radius 1 is 0.760 bits per heavy atom. The number of fused-ring (bicyclic) bond motifs is 3. The molecule has 0 radical (unpaired) electrons. The van der Waals surface area contributed by atoms with Crippen LogP contribution in [0, 0.1) is 0 Å². The number of hydrogen-bond acceptors (Lipinski definition) is 10. The summed E-state index contributed by atoms with van der Waals surface area (Å²) in [5.74, 6) is -4.12. The molecular formula is C38H33NO10S. The molecule has 50 heavy (non-hydrogen) atoms. The Kier molecular flexibility index (Phi) is 10.9. The Hall–Kier alpha value is -5.98. The third-order valence-corrected chi connectivity index (χ3v) is 9.09. The Morgan fingerprint density at radius 3 is 1.90 bits per heavy atom. The van der Waals surface area contributed by atoms with Gasteiger partial charge in [0.2, 0.25) is 11.2 Å². The van der Waals surface area contributed by atoms with E-state index in [0.29, 0.717) is 12.2 Å². The summed E-state index contributed by atoms with van der Waals surface area (Å²) in [7, 11) is 2.22. The van der Waals surface area contributed by atoms with Crippen molar-refractivity contribution in [2.75, 3.05) is 20.1 Å². The monoisotopic (exact) mass is 695 g/mol. The standard InChI is InChI=1S/C19H19NS.C15H10O6.C4H4O4/c1-20-12-10-14(11-13-20)19-15-6-2-4-8-17(15)21-18-9-5-3-7-16(18)19;16-8-2-3-9-12(6-8)21-15(14(20)13(9)19)7-1-4-10(17)11(18)5-7;5-3(6)1-2-4(7)8/h2-9H,10-13H2,1H3;1-6,16-18,20H;1-2H,(H,5,6)(H,7,8). The molecule has 1 aromatic heterocycles. The second-order valence-corrected chi connectivity index (χ2v) is 12.5. The number of aromatic hydroxyl groups is 4. The van der Waals surface area contributed by atoms with Crippen LogP contribution in [0.1, 0.15) is 24.0 Å². The Labute approximate surface area is 290 Å². The van der Waals surface area contributed by atoms with Gasteiger partial charge in [0.05, 0.1) is 5.39 Å². The molecular weight excluding hydrogens is 662 g/mol. The van der Waals surface area contributed by atoms with Crippen LogP contribution in [0.25, 0.3) is 27.9 Å². The SMILES string of the molecule is CN1CCC(=C2c3ccccc3Sc3ccccc32)CC1.O=C(O)C=CC(=O)O.O=c1c(O)c(-c2ccc(O)c(O)c2)oc2cc(O)ccc12. The van der Waals surface area contributed by atoms with E-state index in [0.717, 1.165) is 6.07 Å². The van der Waals surface area contributed by atoms with Gasteiger partial charge in [0.1, 0.15) is 11.3 Å². The number of rotatable bonds is 3. The molecule has 3 heterocycles. The van der Waals surface area contributed by atoms with Crippen molar-refractivity contribution in [2.45, 2.75) is 22.6 Å². The number of carboxylic acids is 2. The summed E-state index contributed by atoms with van der Waals surface area (Å²) in [5.41, 5.74) is 5.66. The Bertz CT molecular complexity index is 2130. The average Bonchev–Trinajstić information content (AvgIpc) is 3.10. The second-order valence-electron chi connectivity index (χ2n) is 11.4. The fourth-order valence-electron chi connectivity index (χ4n) is 5.48. The first-order valence-electron chi connectivity index (χ1n) is 15.3. The van der Waals surface area contributed by atoms with E-state index in [-0.39, 0.29) is 33.8 Å². The summed E-state index contributed by atoms with van der Waals surface area (Å²) in [4.78, 5) is 36.4. The predicted molar refractivity (Wildman–Crippen MR) is 189 cm³/mol. The van der Waals surface area contributed by atoms with Crippen molar-refractivity contribution >= 4 is 40.2 Å². The summed E-state index contributed by atoms with van der Waals surface area (Å²) in [5, 5.41) is 53.9. The Balaban J connectivity index is 0.000000161. The number of nitrogens with zero attached hydrogens (tertiary/aromatic N) is 1. The van der Waals surface area contributed by atoms with Crippen molar-refractivity contribution < 1.29 is 44.6 Å². The van der Waals surface area contributed by atoms with Crippen molar-refractivity contribution in [3.8, 4) is 34.3 Å². The first kappa shape index (κ1) is 35.3. The molecule has 0 amide bonds. The number of carbonyl (C=O) groups is 2. The molecule has 11 nitrogen and oxygen atoms in total. The molecule has 0 atom stereocenters. The number of hydrogen-bond donors (Lipinski definition) is 6. The van der Waals surface area contributed by atoms with E-state index < -0.39 is 28.9 Å². The van der Waals surface area contributed by atoms with Gasteiger partial charge in [-0.05, 0) is 79.1 Å². The molecule has 1 saturated heterocycles. The highest BCUT2D eigenvalue weighted by molar-refractivity contribution is 7.99. The number of phenolic OH excluding ortho intramolecular Hbond substituents is 3. The van der Waals surface area contributed by atoms with E-state index in [1.807, 2.05) is 11.8 Å². The smallest absolute Gasteiger partial charge is 0.328 e. The van der Waals surface area contributed by atoms with Gasteiger partial charge in [-0.25, -0.2) is 9.59 Å². The highest BCUT2D eigenvalue weighted by Crippen LogP contribution is 2.47. The molecule has 12 heteroatoms. The van der Waals surface area contributed by atoms with Crippen LogP contribution in [0.4, 0.5) is 0 Å². The van der Waals surface area contributed by atoms with Crippen molar-refractivity contribution in [1.82, 2.24) is 4.90 Å². The maximum absolute atomic E-state index is 12.1. The molecule has 2 aliphatic rings. The minimum absolute atomic E-state index is 0.0872. The maximum atomic E-state index is 12.1. The van der Waals surface area contributed by atoms with Crippen LogP contribution >= 0.6 is 11.8 Å². The zero-order valence-corrected chi connectivity index (χ0v) is 27.6. The summed E-state index contributed by atoms with van der Waals surface area (Å²) < 4.78 is 5.43. The molecule has 0 bridgehead atoms. The summed E-state index contributed by atoms with van der Waals surface area (Å²) in [6.07, 6.45) is 3.50. The van der Waals surface area contributed by atoms with Crippen LogP contribution in [0.15, 0.2) is 122 Å². The lowest BCUT2D eigenvalue weighted by molar-refractivity contribution is -0.134. The number of benzene rings is 4. The van der Waals surface area contributed by atoms with E-state index in [1.54, 1.807) is 5.57 Å². The maximum Gasteiger partial charge on any atom is 0.328 e. The highest BCUT2D eigenvalue weighted by atomic mass is 32.2. The minimum Gasteiger partial charge on any atom is -0.508 e. The number of aliphatic carboxylic acids is 2. The fraction of sp³-hybridized carbons (Fsp3) is 0.132. The van der Waals surface area contributed by atoms with Gasteiger partial charge in [-0.15, -0.1) is 0 Å². The quantitative estimate of drug-likeness (QED) is 0.0853. The lowest BCUT2D eigenvalue weighted by Crippen LogP contribution is -2.27. The zero-order valence-electron chi connectivity index (χ0n) is 26.7. The van der Waals surface area contributed by atoms with E-state index in [1.165, 1.54) is 82.8 Å². The van der Waals surface area contributed by atoms with Crippen LogP contribution in [0.5, 0.6) is 23.0 Å². The highest BCUT2D eigenvalue weighted by Gasteiger charge is 2.24. The summed E-state index contributed by atoms with van der Waals surface area (Å²) in [6, 6.07) is 25.4. The molecule has 7 rings (SSSR count). The van der Waals surface area contributed by atoms with Gasteiger partial charge >= 0.3 is 11.9 Å². The second kappa shape index (κ2) is 15.5. The minimum atomic E-state index is -1.26. The molecule has 0 aliphatic carbocycles. The van der Waals surface area contributed by atoms with Gasteiger partial charge in [0, 0.05) is 46.7 Å². The molecule has 4 aromatic carbocycles. The van der Waals surface area contributed by atoms with Gasteiger partial charge in [0.25, 0.3) is 0 Å². The zero-order chi connectivity index (χ0) is 35.9. The molecule has 2 aliphatic heterocycles. The predicted octanol–water partition coefficient (Wildman–Crippen LogP) is 6.67. The molecule has 0 unspecified atom stereocenters. The first-order chi connectivity index (χ1) is 23.9. The summed E-state index contributed by atoms with van der Waals surface area (Å²) >= 11 is 1.91. The topological polar surface area (TPSA) is 189 Å². The number of phenols is 3. The lowest BCUT2D eigenvalue weighted by Gasteiger charge is -2.30. The lowest BCUT2D eigenvalue weighted by atomic mass is 9.88. The third kappa shape index (κ3) is 8.17. The van der Waals surface area contributed by atoms with Gasteiger partial charge < -0.3 is 40.0 Å². The molecule has 0 saturated carbocycles. The largest absolute Gasteiger partial charge is 0.508 e. The van der Waals surface area contributed by atoms with Crippen LogP contribution in [-0.4, -0.2) is 67.6 Å². The summed E-state index contributed by atoms with van der Waals surface area (Å²) in [6.45, 7) is 2.35. The molecule has 256 valence electrons. The number of likely N-dealkylation sites (tertiary alicyclic amines) is 1. The van der Waals surface area contributed by atoms with Gasteiger partial charge in [-0.1, -0.05) is 53.7 Å². The van der Waals surface area contributed by atoms with Gasteiger partial charge in [-0.3, -0.25) is 4.79 Å². The Morgan fingerprint density at radius 2 is 1.34 bits per heavy atom. The molecule has 1 fully saturated rings. The van der Waals surface area contributed by atoms with Crippen LogP contribution in [0.3, 0.4) is 0 Å². The van der Waals surface area contributed by atoms with Crippen molar-refractivity contribution in [3.05, 3.63) is 124 Å². The number of piperidine rings is 1. The van der Waals surface area contributed by atoms with Crippen LogP contribution < -0.4 is 5.43 Å². The molecule has 6 N–H and O–H groups in total. The number of carboxylic acid groups (broad SMARTS) is 2. The van der Waals surface area contributed by atoms with Crippen molar-refractivity contribution in [2.24, 2.45) is 0 Å². The van der Waals surface area contributed by atoms with Gasteiger partial charge in [0.15, 0.2) is 17.3 Å². The van der Waals surface area contributed by atoms with Gasteiger partial charge in [-0.2, -0.15) is 0 Å². The third-order valence-electron chi connectivity index (χ3n) is 7.93. The van der Waals surface area contributed by atoms with E-state index >= 15 is 0 Å².